The predicted octanol–water partition coefficient (Wildman–Crippen LogP) is -1.05. The number of hydrogen-bond acceptors (Lipinski definition) is 5. The Hall–Kier alpha value is -0.210. The quantitative estimate of drug-likeness (QED) is 0.538. The van der Waals surface area contributed by atoms with Gasteiger partial charge in [0, 0.05) is 26.9 Å². The van der Waals surface area contributed by atoms with Crippen LogP contribution in [-0.4, -0.2) is 59.4 Å². The van der Waals surface area contributed by atoms with Gasteiger partial charge < -0.3 is 14.6 Å². The fourth-order valence-corrected chi connectivity index (χ4v) is 2.24. The normalized spacial score (nSPS) is 14.1. The van der Waals surface area contributed by atoms with Crippen LogP contribution in [0.4, 0.5) is 0 Å². The second-order valence-electron chi connectivity index (χ2n) is 3.09. The number of hydrogen-bond donors (Lipinski definition) is 2. The molecule has 1 atom stereocenters. The molecule has 0 rings (SSSR count). The smallest absolute Gasteiger partial charge is 0.214 e. The first-order valence-corrected chi connectivity index (χ1v) is 6.29. The van der Waals surface area contributed by atoms with Crippen LogP contribution in [0.3, 0.4) is 0 Å². The van der Waals surface area contributed by atoms with Gasteiger partial charge in [-0.15, -0.1) is 0 Å². The van der Waals surface area contributed by atoms with Crippen LogP contribution in [0.15, 0.2) is 0 Å². The molecule has 92 valence electrons. The van der Waals surface area contributed by atoms with Gasteiger partial charge >= 0.3 is 0 Å². The third-order valence-electron chi connectivity index (χ3n) is 1.75. The van der Waals surface area contributed by atoms with E-state index in [1.807, 2.05) is 0 Å². The van der Waals surface area contributed by atoms with Crippen LogP contribution in [0.2, 0.25) is 0 Å². The summed E-state index contributed by atoms with van der Waals surface area (Å²) in [4.78, 5) is 0. The minimum Gasteiger partial charge on any atom is -0.396 e. The summed E-state index contributed by atoms with van der Waals surface area (Å²) in [5.74, 6) is -0.0882. The summed E-state index contributed by atoms with van der Waals surface area (Å²) in [7, 11) is -0.433. The van der Waals surface area contributed by atoms with Crippen LogP contribution >= 0.6 is 0 Å². The first-order valence-electron chi connectivity index (χ1n) is 4.64. The Bertz CT molecular complexity index is 235. The molecular weight excluding hydrogens is 222 g/mol. The minimum absolute atomic E-state index is 0.0825. The number of rotatable bonds is 9. The van der Waals surface area contributed by atoms with Crippen molar-refractivity contribution in [1.29, 1.82) is 0 Å². The van der Waals surface area contributed by atoms with Gasteiger partial charge in [-0.3, -0.25) is 0 Å². The molecule has 6 nitrogen and oxygen atoms in total. The van der Waals surface area contributed by atoms with Gasteiger partial charge in [-0.1, -0.05) is 0 Å². The average molecular weight is 241 g/mol. The summed E-state index contributed by atoms with van der Waals surface area (Å²) in [6.45, 7) is 0.307. The molecule has 0 fully saturated rings. The molecule has 0 aliphatic heterocycles. The minimum atomic E-state index is -3.35. The molecule has 0 aliphatic carbocycles. The Labute approximate surface area is 90.6 Å². The molecule has 0 spiro atoms. The Balaban J connectivity index is 4.12. The number of aliphatic hydroxyl groups excluding tert-OH is 1. The number of methoxy groups -OCH3 is 2. The molecule has 0 aromatic carbocycles. The predicted molar refractivity (Wildman–Crippen MR) is 56.2 cm³/mol. The van der Waals surface area contributed by atoms with Gasteiger partial charge in [0.25, 0.3) is 0 Å². The molecule has 0 radical (unpaired) electrons. The lowest BCUT2D eigenvalue weighted by Gasteiger charge is -2.16. The first-order chi connectivity index (χ1) is 7.05. The van der Waals surface area contributed by atoms with Gasteiger partial charge in [-0.2, -0.15) is 0 Å². The number of sulfonamides is 1. The highest BCUT2D eigenvalue weighted by molar-refractivity contribution is 7.89. The lowest BCUT2D eigenvalue weighted by Crippen LogP contribution is -2.40. The number of ether oxygens (including phenoxy) is 2. The van der Waals surface area contributed by atoms with E-state index in [0.29, 0.717) is 6.42 Å². The van der Waals surface area contributed by atoms with Crippen LogP contribution in [0.25, 0.3) is 0 Å². The van der Waals surface area contributed by atoms with E-state index in [1.165, 1.54) is 14.2 Å². The van der Waals surface area contributed by atoms with E-state index in [4.69, 9.17) is 9.84 Å². The van der Waals surface area contributed by atoms with Gasteiger partial charge in [0.05, 0.1) is 19.0 Å². The highest BCUT2D eigenvalue weighted by atomic mass is 32.2. The molecule has 0 aromatic heterocycles. The molecule has 1 unspecified atom stereocenters. The Morgan fingerprint density at radius 1 is 1.33 bits per heavy atom. The summed E-state index contributed by atoms with van der Waals surface area (Å²) >= 11 is 0. The van der Waals surface area contributed by atoms with Gasteiger partial charge in [0.2, 0.25) is 10.0 Å². The fourth-order valence-electron chi connectivity index (χ4n) is 1.04. The molecule has 0 saturated carbocycles. The van der Waals surface area contributed by atoms with E-state index in [0.717, 1.165) is 0 Å². The van der Waals surface area contributed by atoms with Gasteiger partial charge in [-0.25, -0.2) is 13.1 Å². The van der Waals surface area contributed by atoms with Crippen molar-refractivity contribution in [2.45, 2.75) is 12.5 Å². The van der Waals surface area contributed by atoms with Crippen molar-refractivity contribution in [2.75, 3.05) is 39.8 Å². The topological polar surface area (TPSA) is 84.9 Å². The Kier molecular flexibility index (Phi) is 7.89. The van der Waals surface area contributed by atoms with Crippen LogP contribution < -0.4 is 4.72 Å². The lowest BCUT2D eigenvalue weighted by atomic mass is 10.2. The second kappa shape index (κ2) is 8.00. The molecule has 2 N–H and O–H groups in total. The summed E-state index contributed by atoms with van der Waals surface area (Å²) < 4.78 is 34.8. The zero-order valence-electron chi connectivity index (χ0n) is 9.10. The van der Waals surface area contributed by atoms with Crippen molar-refractivity contribution in [3.63, 3.8) is 0 Å². The third kappa shape index (κ3) is 7.69. The van der Waals surface area contributed by atoms with E-state index in [-0.39, 0.29) is 31.6 Å². The fraction of sp³-hybridized carbons (Fsp3) is 1.00. The molecule has 0 saturated heterocycles. The maximum absolute atomic E-state index is 11.4. The van der Waals surface area contributed by atoms with Crippen LogP contribution in [0.1, 0.15) is 6.42 Å². The van der Waals surface area contributed by atoms with Crippen molar-refractivity contribution in [2.24, 2.45) is 0 Å². The highest BCUT2D eigenvalue weighted by Gasteiger charge is 2.16. The zero-order chi connectivity index (χ0) is 11.7. The molecule has 7 heteroatoms. The second-order valence-corrected chi connectivity index (χ2v) is 4.97. The van der Waals surface area contributed by atoms with E-state index in [2.05, 4.69) is 9.46 Å². The van der Waals surface area contributed by atoms with Gasteiger partial charge in [0.15, 0.2) is 0 Å². The van der Waals surface area contributed by atoms with Crippen LogP contribution in [-0.2, 0) is 19.5 Å². The Morgan fingerprint density at radius 3 is 2.47 bits per heavy atom. The SMILES string of the molecule is COCCS(=O)(=O)NC(CCO)COC. The molecular formula is C8H19NO5S. The van der Waals surface area contributed by atoms with E-state index >= 15 is 0 Å². The summed E-state index contributed by atoms with van der Waals surface area (Å²) in [5.41, 5.74) is 0. The van der Waals surface area contributed by atoms with Crippen molar-refractivity contribution < 1.29 is 23.0 Å². The van der Waals surface area contributed by atoms with Gasteiger partial charge in [-0.05, 0) is 6.42 Å². The van der Waals surface area contributed by atoms with Crippen LogP contribution in [0, 0.1) is 0 Å². The average Bonchev–Trinajstić information content (AvgIpc) is 2.15. The zero-order valence-corrected chi connectivity index (χ0v) is 9.92. The van der Waals surface area contributed by atoms with Crippen molar-refractivity contribution in [3.8, 4) is 0 Å². The molecule has 0 bridgehead atoms. The largest absolute Gasteiger partial charge is 0.396 e. The molecule has 0 amide bonds. The van der Waals surface area contributed by atoms with Crippen molar-refractivity contribution >= 4 is 10.0 Å². The molecule has 0 aromatic rings. The summed E-state index contributed by atoms with van der Waals surface area (Å²) in [5, 5.41) is 8.72. The molecule has 0 heterocycles. The van der Waals surface area contributed by atoms with Crippen molar-refractivity contribution in [3.05, 3.63) is 0 Å². The van der Waals surface area contributed by atoms with Crippen molar-refractivity contribution in [1.82, 2.24) is 4.72 Å². The molecule has 0 aliphatic rings. The van der Waals surface area contributed by atoms with E-state index in [1.54, 1.807) is 0 Å². The van der Waals surface area contributed by atoms with Gasteiger partial charge in [0.1, 0.15) is 0 Å². The molecule has 15 heavy (non-hydrogen) atoms. The standard InChI is InChI=1S/C8H19NO5S/c1-13-5-6-15(11,12)9-8(3-4-10)7-14-2/h8-10H,3-7H2,1-2H3. The number of nitrogens with one attached hydrogen (secondary N) is 1. The maximum atomic E-state index is 11.4. The lowest BCUT2D eigenvalue weighted by molar-refractivity contribution is 0.157. The highest BCUT2D eigenvalue weighted by Crippen LogP contribution is 1.96. The summed E-state index contributed by atoms with van der Waals surface area (Å²) in [6, 6.07) is -0.387. The van der Waals surface area contributed by atoms with E-state index < -0.39 is 10.0 Å². The maximum Gasteiger partial charge on any atom is 0.214 e. The first kappa shape index (κ1) is 14.8. The Morgan fingerprint density at radius 2 is 2.00 bits per heavy atom. The monoisotopic (exact) mass is 241 g/mol. The summed E-state index contributed by atoms with van der Waals surface area (Å²) in [6.07, 6.45) is 0.333. The van der Waals surface area contributed by atoms with Crippen LogP contribution in [0.5, 0.6) is 0 Å². The number of aliphatic hydroxyl groups is 1. The third-order valence-corrected chi connectivity index (χ3v) is 3.14. The van der Waals surface area contributed by atoms with E-state index in [9.17, 15) is 8.42 Å².